The molecule has 1 heterocycles. The van der Waals surface area contributed by atoms with E-state index in [4.69, 9.17) is 0 Å². The first-order chi connectivity index (χ1) is 13.0. The topological polar surface area (TPSA) is 55.9 Å². The van der Waals surface area contributed by atoms with Crippen LogP contribution >= 0.6 is 0 Å². The van der Waals surface area contributed by atoms with E-state index in [1.54, 1.807) is 0 Å². The minimum absolute atomic E-state index is 0.0332. The van der Waals surface area contributed by atoms with Gasteiger partial charge in [-0.2, -0.15) is 0 Å². The summed E-state index contributed by atoms with van der Waals surface area (Å²) in [7, 11) is 3.94. The Labute approximate surface area is 162 Å². The Morgan fingerprint density at radius 2 is 1.67 bits per heavy atom. The van der Waals surface area contributed by atoms with Gasteiger partial charge < -0.3 is 20.0 Å². The molecule has 1 aromatic carbocycles. The Morgan fingerprint density at radius 1 is 0.963 bits per heavy atom. The standard InChI is InChI=1S/C21H32N4O2/c1-23(2)19-11-6-8-17(16-19)20(26)24-12-7-13-25(15-14-24)21(27)22-18-9-4-3-5-10-18/h6,8,11,16,18H,3-5,7,9-10,12-15H2,1-2H3,(H,22,27). The third kappa shape index (κ3) is 5.15. The van der Waals surface area contributed by atoms with E-state index in [-0.39, 0.29) is 11.9 Å². The smallest absolute Gasteiger partial charge is 0.317 e. The Kier molecular flexibility index (Phi) is 6.58. The van der Waals surface area contributed by atoms with Gasteiger partial charge in [-0.15, -0.1) is 0 Å². The second kappa shape index (κ2) is 9.11. The molecule has 1 saturated carbocycles. The van der Waals surface area contributed by atoms with Crippen LogP contribution in [0.3, 0.4) is 0 Å². The number of anilines is 1. The highest BCUT2D eigenvalue weighted by Crippen LogP contribution is 2.19. The maximum Gasteiger partial charge on any atom is 0.317 e. The fourth-order valence-electron chi connectivity index (χ4n) is 3.94. The molecule has 0 spiro atoms. The molecule has 6 heteroatoms. The van der Waals surface area contributed by atoms with Crippen molar-refractivity contribution in [3.05, 3.63) is 29.8 Å². The van der Waals surface area contributed by atoms with Gasteiger partial charge in [-0.05, 0) is 37.5 Å². The Hall–Kier alpha value is -2.24. The SMILES string of the molecule is CN(C)c1cccc(C(=O)N2CCCN(C(=O)NC3CCCCC3)CC2)c1. The van der Waals surface area contributed by atoms with E-state index < -0.39 is 0 Å². The molecule has 0 aromatic heterocycles. The zero-order valence-corrected chi connectivity index (χ0v) is 16.6. The van der Waals surface area contributed by atoms with E-state index in [9.17, 15) is 9.59 Å². The van der Waals surface area contributed by atoms with Crippen molar-refractivity contribution in [3.63, 3.8) is 0 Å². The van der Waals surface area contributed by atoms with E-state index in [0.717, 1.165) is 24.9 Å². The molecule has 0 unspecified atom stereocenters. The van der Waals surface area contributed by atoms with Crippen LogP contribution in [-0.4, -0.2) is 68.1 Å². The van der Waals surface area contributed by atoms with Gasteiger partial charge in [-0.25, -0.2) is 4.79 Å². The van der Waals surface area contributed by atoms with Crippen LogP contribution in [-0.2, 0) is 0 Å². The molecule has 6 nitrogen and oxygen atoms in total. The van der Waals surface area contributed by atoms with Crippen LogP contribution in [0.1, 0.15) is 48.9 Å². The van der Waals surface area contributed by atoms with Crippen molar-refractivity contribution in [1.29, 1.82) is 0 Å². The summed E-state index contributed by atoms with van der Waals surface area (Å²) in [6.07, 6.45) is 6.69. The predicted molar refractivity (Wildman–Crippen MR) is 108 cm³/mol. The van der Waals surface area contributed by atoms with Crippen LogP contribution in [0, 0.1) is 0 Å². The van der Waals surface area contributed by atoms with Crippen molar-refractivity contribution in [3.8, 4) is 0 Å². The fraction of sp³-hybridized carbons (Fsp3) is 0.619. The summed E-state index contributed by atoms with van der Waals surface area (Å²) < 4.78 is 0. The van der Waals surface area contributed by atoms with Crippen molar-refractivity contribution >= 4 is 17.6 Å². The van der Waals surface area contributed by atoms with Crippen molar-refractivity contribution in [2.24, 2.45) is 0 Å². The van der Waals surface area contributed by atoms with Crippen LogP contribution in [0.15, 0.2) is 24.3 Å². The highest BCUT2D eigenvalue weighted by molar-refractivity contribution is 5.95. The lowest BCUT2D eigenvalue weighted by molar-refractivity contribution is 0.0762. The number of urea groups is 1. The monoisotopic (exact) mass is 372 g/mol. The van der Waals surface area contributed by atoms with Gasteiger partial charge in [0.05, 0.1) is 0 Å². The maximum absolute atomic E-state index is 12.9. The summed E-state index contributed by atoms with van der Waals surface area (Å²) in [5.74, 6) is 0.0493. The van der Waals surface area contributed by atoms with Crippen molar-refractivity contribution in [2.45, 2.75) is 44.6 Å². The lowest BCUT2D eigenvalue weighted by Crippen LogP contribution is -2.46. The second-order valence-corrected chi connectivity index (χ2v) is 7.86. The molecular formula is C21H32N4O2. The molecule has 27 heavy (non-hydrogen) atoms. The summed E-state index contributed by atoms with van der Waals surface area (Å²) in [5.41, 5.74) is 1.73. The fourth-order valence-corrected chi connectivity index (χ4v) is 3.94. The number of nitrogens with one attached hydrogen (secondary N) is 1. The zero-order valence-electron chi connectivity index (χ0n) is 16.6. The molecule has 148 valence electrons. The number of nitrogens with zero attached hydrogens (tertiary/aromatic N) is 3. The van der Waals surface area contributed by atoms with Crippen LogP contribution in [0.4, 0.5) is 10.5 Å². The van der Waals surface area contributed by atoms with Gasteiger partial charge in [-0.3, -0.25) is 4.79 Å². The lowest BCUT2D eigenvalue weighted by atomic mass is 9.96. The molecule has 3 rings (SSSR count). The quantitative estimate of drug-likeness (QED) is 0.888. The van der Waals surface area contributed by atoms with Crippen molar-refractivity contribution in [1.82, 2.24) is 15.1 Å². The zero-order chi connectivity index (χ0) is 19.2. The van der Waals surface area contributed by atoms with Gasteiger partial charge in [0.1, 0.15) is 0 Å². The number of carbonyl (C=O) groups is 2. The molecule has 0 bridgehead atoms. The first-order valence-corrected chi connectivity index (χ1v) is 10.2. The summed E-state index contributed by atoms with van der Waals surface area (Å²) in [6.45, 7) is 2.58. The normalized spacial score (nSPS) is 18.7. The van der Waals surface area contributed by atoms with E-state index in [1.165, 1.54) is 19.3 Å². The minimum Gasteiger partial charge on any atom is -0.378 e. The van der Waals surface area contributed by atoms with Crippen LogP contribution in [0.25, 0.3) is 0 Å². The highest BCUT2D eigenvalue weighted by Gasteiger charge is 2.24. The molecular weight excluding hydrogens is 340 g/mol. The molecule has 1 aromatic rings. The second-order valence-electron chi connectivity index (χ2n) is 7.86. The predicted octanol–water partition coefficient (Wildman–Crippen LogP) is 2.94. The number of carbonyl (C=O) groups excluding carboxylic acids is 2. The summed E-state index contributed by atoms with van der Waals surface area (Å²) >= 11 is 0. The Morgan fingerprint density at radius 3 is 2.41 bits per heavy atom. The lowest BCUT2D eigenvalue weighted by Gasteiger charge is -2.27. The number of hydrogen-bond acceptors (Lipinski definition) is 3. The molecule has 3 amide bonds. The minimum atomic E-state index is 0.0332. The van der Waals surface area contributed by atoms with E-state index in [1.807, 2.05) is 53.1 Å². The van der Waals surface area contributed by atoms with Crippen LogP contribution < -0.4 is 10.2 Å². The van der Waals surface area contributed by atoms with E-state index in [2.05, 4.69) is 5.32 Å². The molecule has 0 radical (unpaired) electrons. The van der Waals surface area contributed by atoms with Gasteiger partial charge in [-0.1, -0.05) is 25.3 Å². The summed E-state index contributed by atoms with van der Waals surface area (Å²) in [5, 5.41) is 3.19. The van der Waals surface area contributed by atoms with Gasteiger partial charge in [0.25, 0.3) is 5.91 Å². The van der Waals surface area contributed by atoms with Crippen molar-refractivity contribution in [2.75, 3.05) is 45.2 Å². The largest absolute Gasteiger partial charge is 0.378 e. The van der Waals surface area contributed by atoms with E-state index >= 15 is 0 Å². The molecule has 1 saturated heterocycles. The third-order valence-corrected chi connectivity index (χ3v) is 5.61. The maximum atomic E-state index is 12.9. The highest BCUT2D eigenvalue weighted by atomic mass is 16.2. The first kappa shape index (κ1) is 19.5. The molecule has 1 aliphatic carbocycles. The molecule has 2 aliphatic rings. The third-order valence-electron chi connectivity index (χ3n) is 5.61. The van der Waals surface area contributed by atoms with Gasteiger partial charge in [0, 0.05) is 57.6 Å². The molecule has 1 N–H and O–H groups in total. The molecule has 0 atom stereocenters. The van der Waals surface area contributed by atoms with Crippen LogP contribution in [0.2, 0.25) is 0 Å². The average Bonchev–Trinajstić information content (AvgIpc) is 2.94. The molecule has 2 fully saturated rings. The average molecular weight is 373 g/mol. The van der Waals surface area contributed by atoms with Crippen molar-refractivity contribution < 1.29 is 9.59 Å². The first-order valence-electron chi connectivity index (χ1n) is 10.2. The van der Waals surface area contributed by atoms with Gasteiger partial charge in [0.2, 0.25) is 0 Å². The number of amides is 3. The number of benzene rings is 1. The summed E-state index contributed by atoms with van der Waals surface area (Å²) in [6, 6.07) is 8.07. The van der Waals surface area contributed by atoms with Gasteiger partial charge in [0.15, 0.2) is 0 Å². The number of hydrogen-bond donors (Lipinski definition) is 1. The molecule has 1 aliphatic heterocycles. The Balaban J connectivity index is 1.56. The van der Waals surface area contributed by atoms with E-state index in [0.29, 0.717) is 37.8 Å². The van der Waals surface area contributed by atoms with Crippen LogP contribution in [0.5, 0.6) is 0 Å². The Bertz CT molecular complexity index is 655. The summed E-state index contributed by atoms with van der Waals surface area (Å²) in [4.78, 5) is 31.2. The number of rotatable bonds is 3. The van der Waals surface area contributed by atoms with Gasteiger partial charge >= 0.3 is 6.03 Å².